The Morgan fingerprint density at radius 3 is 2.84 bits per heavy atom. The molecule has 2 saturated heterocycles. The van der Waals surface area contributed by atoms with Crippen molar-refractivity contribution < 1.29 is 19.5 Å². The molecule has 0 aliphatic carbocycles. The van der Waals surface area contributed by atoms with E-state index >= 15 is 0 Å². The Hall–Kier alpha value is -1.63. The molecule has 1 spiro atoms. The Bertz CT molecular complexity index is 410. The highest BCUT2D eigenvalue weighted by atomic mass is 16.3. The Morgan fingerprint density at radius 2 is 2.26 bits per heavy atom. The highest BCUT2D eigenvalue weighted by Gasteiger charge is 2.49. The number of hydrogen-bond donors (Lipinski definition) is 3. The number of amides is 4. The number of aliphatic hydroxyl groups is 1. The van der Waals surface area contributed by atoms with Gasteiger partial charge >= 0.3 is 6.03 Å². The first-order chi connectivity index (χ1) is 8.93. The van der Waals surface area contributed by atoms with Gasteiger partial charge in [-0.1, -0.05) is 0 Å². The molecule has 106 valence electrons. The van der Waals surface area contributed by atoms with E-state index in [9.17, 15) is 19.5 Å². The van der Waals surface area contributed by atoms with Crippen LogP contribution in [-0.4, -0.2) is 52.6 Å². The second kappa shape index (κ2) is 5.16. The number of carbonyl (C=O) groups excluding carboxylic acids is 3. The lowest BCUT2D eigenvalue weighted by atomic mass is 9.89. The molecule has 4 amide bonds. The first-order valence-corrected chi connectivity index (χ1v) is 6.52. The standard InChI is InChI=1S/C12H19N3O4/c1-8(16)3-4-9(17)15-6-2-5-12(7-15)10(18)13-11(19)14-12/h8,16H,2-7H2,1H3,(H2,13,14,18,19). The molecule has 2 heterocycles. The van der Waals surface area contributed by atoms with Gasteiger partial charge in [-0.15, -0.1) is 0 Å². The van der Waals surface area contributed by atoms with Crippen LogP contribution in [-0.2, 0) is 9.59 Å². The van der Waals surface area contributed by atoms with Crippen molar-refractivity contribution in [3.05, 3.63) is 0 Å². The molecule has 0 aromatic carbocycles. The third kappa shape index (κ3) is 2.86. The van der Waals surface area contributed by atoms with Crippen LogP contribution in [0.25, 0.3) is 0 Å². The number of nitrogens with one attached hydrogen (secondary N) is 2. The van der Waals surface area contributed by atoms with Crippen molar-refractivity contribution in [1.29, 1.82) is 0 Å². The summed E-state index contributed by atoms with van der Waals surface area (Å²) in [4.78, 5) is 36.7. The average Bonchev–Trinajstić information content (AvgIpc) is 2.61. The van der Waals surface area contributed by atoms with E-state index in [1.165, 1.54) is 0 Å². The van der Waals surface area contributed by atoms with Crippen LogP contribution in [0.2, 0.25) is 0 Å². The molecule has 0 radical (unpaired) electrons. The van der Waals surface area contributed by atoms with Gasteiger partial charge in [0.25, 0.3) is 5.91 Å². The van der Waals surface area contributed by atoms with Gasteiger partial charge in [-0.05, 0) is 26.2 Å². The highest BCUT2D eigenvalue weighted by Crippen LogP contribution is 2.25. The number of piperidine rings is 1. The van der Waals surface area contributed by atoms with Gasteiger partial charge in [-0.2, -0.15) is 0 Å². The van der Waals surface area contributed by atoms with Gasteiger partial charge in [-0.25, -0.2) is 4.79 Å². The molecule has 3 N–H and O–H groups in total. The van der Waals surface area contributed by atoms with E-state index in [1.54, 1.807) is 11.8 Å². The number of hydrogen-bond acceptors (Lipinski definition) is 4. The first kappa shape index (κ1) is 13.8. The van der Waals surface area contributed by atoms with Crippen LogP contribution in [0.3, 0.4) is 0 Å². The third-order valence-corrected chi connectivity index (χ3v) is 3.64. The molecule has 2 aliphatic rings. The summed E-state index contributed by atoms with van der Waals surface area (Å²) in [5, 5.41) is 14.0. The topological polar surface area (TPSA) is 98.7 Å². The Morgan fingerprint density at radius 1 is 1.53 bits per heavy atom. The monoisotopic (exact) mass is 269 g/mol. The summed E-state index contributed by atoms with van der Waals surface area (Å²) < 4.78 is 0. The van der Waals surface area contributed by atoms with E-state index in [0.717, 1.165) is 0 Å². The lowest BCUT2D eigenvalue weighted by molar-refractivity contribution is -0.136. The predicted octanol–water partition coefficient (Wildman–Crippen LogP) is -0.652. The number of likely N-dealkylation sites (tertiary alicyclic amines) is 1. The van der Waals surface area contributed by atoms with Crippen molar-refractivity contribution >= 4 is 17.8 Å². The molecule has 0 aromatic heterocycles. The molecule has 2 fully saturated rings. The minimum absolute atomic E-state index is 0.0890. The molecule has 19 heavy (non-hydrogen) atoms. The minimum Gasteiger partial charge on any atom is -0.393 e. The fourth-order valence-corrected chi connectivity index (χ4v) is 2.57. The van der Waals surface area contributed by atoms with Gasteiger partial charge in [0.2, 0.25) is 5.91 Å². The quantitative estimate of drug-likeness (QED) is 0.593. The van der Waals surface area contributed by atoms with Crippen LogP contribution in [0.1, 0.15) is 32.6 Å². The van der Waals surface area contributed by atoms with Crippen molar-refractivity contribution in [2.75, 3.05) is 13.1 Å². The normalized spacial score (nSPS) is 28.2. The first-order valence-electron chi connectivity index (χ1n) is 6.52. The van der Waals surface area contributed by atoms with Crippen LogP contribution in [0.5, 0.6) is 0 Å². The summed E-state index contributed by atoms with van der Waals surface area (Å²) >= 11 is 0. The van der Waals surface area contributed by atoms with E-state index in [0.29, 0.717) is 25.8 Å². The molecule has 0 bridgehead atoms. The van der Waals surface area contributed by atoms with Gasteiger partial charge in [0.05, 0.1) is 12.6 Å². The Kier molecular flexibility index (Phi) is 3.75. The number of nitrogens with zero attached hydrogens (tertiary/aromatic N) is 1. The molecule has 7 nitrogen and oxygen atoms in total. The van der Waals surface area contributed by atoms with Crippen molar-refractivity contribution in [2.24, 2.45) is 0 Å². The number of urea groups is 1. The molecule has 2 aliphatic heterocycles. The molecule has 7 heteroatoms. The zero-order valence-electron chi connectivity index (χ0n) is 10.9. The fraction of sp³-hybridized carbons (Fsp3) is 0.750. The van der Waals surface area contributed by atoms with Crippen LogP contribution in [0.4, 0.5) is 4.79 Å². The van der Waals surface area contributed by atoms with Gasteiger partial charge in [-0.3, -0.25) is 14.9 Å². The fourth-order valence-electron chi connectivity index (χ4n) is 2.57. The van der Waals surface area contributed by atoms with Gasteiger partial charge in [0, 0.05) is 13.0 Å². The number of rotatable bonds is 3. The average molecular weight is 269 g/mol. The molecule has 2 unspecified atom stereocenters. The zero-order chi connectivity index (χ0) is 14.0. The maximum Gasteiger partial charge on any atom is 0.322 e. The Labute approximate surface area is 111 Å². The zero-order valence-corrected chi connectivity index (χ0v) is 10.9. The van der Waals surface area contributed by atoms with E-state index in [1.807, 2.05) is 0 Å². The minimum atomic E-state index is -0.962. The summed E-state index contributed by atoms with van der Waals surface area (Å²) in [6, 6.07) is -0.497. The third-order valence-electron chi connectivity index (χ3n) is 3.64. The molecular formula is C12H19N3O4. The van der Waals surface area contributed by atoms with Crippen molar-refractivity contribution in [3.8, 4) is 0 Å². The summed E-state index contributed by atoms with van der Waals surface area (Å²) in [7, 11) is 0. The second-order valence-electron chi connectivity index (χ2n) is 5.30. The second-order valence-corrected chi connectivity index (χ2v) is 5.30. The SMILES string of the molecule is CC(O)CCC(=O)N1CCCC2(C1)NC(=O)NC2=O. The smallest absolute Gasteiger partial charge is 0.322 e. The van der Waals surface area contributed by atoms with E-state index in [4.69, 9.17) is 0 Å². The summed E-state index contributed by atoms with van der Waals surface area (Å²) in [6.45, 7) is 2.43. The van der Waals surface area contributed by atoms with E-state index in [-0.39, 0.29) is 24.8 Å². The van der Waals surface area contributed by atoms with Crippen LogP contribution >= 0.6 is 0 Å². The van der Waals surface area contributed by atoms with Gasteiger partial charge in [0.15, 0.2) is 0 Å². The summed E-state index contributed by atoms with van der Waals surface area (Å²) in [5.74, 6) is -0.445. The van der Waals surface area contributed by atoms with Crippen molar-refractivity contribution in [1.82, 2.24) is 15.5 Å². The molecule has 0 saturated carbocycles. The van der Waals surface area contributed by atoms with Crippen LogP contribution in [0.15, 0.2) is 0 Å². The van der Waals surface area contributed by atoms with E-state index < -0.39 is 17.7 Å². The molecule has 2 rings (SSSR count). The highest BCUT2D eigenvalue weighted by molar-refractivity contribution is 6.07. The van der Waals surface area contributed by atoms with E-state index in [2.05, 4.69) is 10.6 Å². The Balaban J connectivity index is 1.99. The van der Waals surface area contributed by atoms with Crippen molar-refractivity contribution in [3.63, 3.8) is 0 Å². The largest absolute Gasteiger partial charge is 0.393 e. The number of imide groups is 1. The lowest BCUT2D eigenvalue weighted by Crippen LogP contribution is -2.59. The summed E-state index contributed by atoms with van der Waals surface area (Å²) in [6.07, 6.45) is 1.36. The maximum atomic E-state index is 12.0. The number of carbonyl (C=O) groups is 3. The van der Waals surface area contributed by atoms with Crippen molar-refractivity contribution in [2.45, 2.75) is 44.2 Å². The molecular weight excluding hydrogens is 250 g/mol. The summed E-state index contributed by atoms with van der Waals surface area (Å²) in [5.41, 5.74) is -0.962. The predicted molar refractivity (Wildman–Crippen MR) is 66.1 cm³/mol. The van der Waals surface area contributed by atoms with Crippen LogP contribution in [0, 0.1) is 0 Å². The molecule has 0 aromatic rings. The van der Waals surface area contributed by atoms with Gasteiger partial charge < -0.3 is 15.3 Å². The maximum absolute atomic E-state index is 12.0. The molecule has 2 atom stereocenters. The van der Waals surface area contributed by atoms with Gasteiger partial charge in [0.1, 0.15) is 5.54 Å². The van der Waals surface area contributed by atoms with Crippen LogP contribution < -0.4 is 10.6 Å². The number of aliphatic hydroxyl groups excluding tert-OH is 1. The lowest BCUT2D eigenvalue weighted by Gasteiger charge is -2.38.